The minimum atomic E-state index is -0.168. The SMILES string of the molecule is CCOC[C@@H]1c2c(cnn2C)CCN1C(=O)c1cccnc1OC. The highest BCUT2D eigenvalue weighted by molar-refractivity contribution is 5.96. The topological polar surface area (TPSA) is 69.5 Å². The van der Waals surface area contributed by atoms with Crippen LogP contribution in [0.1, 0.15) is 34.6 Å². The zero-order valence-electron chi connectivity index (χ0n) is 14.2. The van der Waals surface area contributed by atoms with Crippen molar-refractivity contribution in [3.8, 4) is 5.88 Å². The van der Waals surface area contributed by atoms with Crippen LogP contribution >= 0.6 is 0 Å². The summed E-state index contributed by atoms with van der Waals surface area (Å²) >= 11 is 0. The van der Waals surface area contributed by atoms with Gasteiger partial charge in [0.2, 0.25) is 5.88 Å². The van der Waals surface area contributed by atoms with E-state index in [9.17, 15) is 4.79 Å². The van der Waals surface area contributed by atoms with Crippen molar-refractivity contribution >= 4 is 5.91 Å². The summed E-state index contributed by atoms with van der Waals surface area (Å²) in [6.45, 7) is 3.61. The molecular formula is C17H22N4O3. The number of rotatable bonds is 5. The van der Waals surface area contributed by atoms with Crippen LogP contribution in [0.2, 0.25) is 0 Å². The van der Waals surface area contributed by atoms with Gasteiger partial charge in [0.1, 0.15) is 5.56 Å². The van der Waals surface area contributed by atoms with E-state index in [1.54, 1.807) is 18.3 Å². The number of fused-ring (bicyclic) bond motifs is 1. The molecule has 0 aliphatic carbocycles. The van der Waals surface area contributed by atoms with E-state index < -0.39 is 0 Å². The highest BCUT2D eigenvalue weighted by Crippen LogP contribution is 2.32. The number of aromatic nitrogens is 3. The number of carbonyl (C=O) groups excluding carboxylic acids is 1. The lowest BCUT2D eigenvalue weighted by Gasteiger charge is -2.36. The molecule has 7 nitrogen and oxygen atoms in total. The lowest BCUT2D eigenvalue weighted by molar-refractivity contribution is 0.0398. The van der Waals surface area contributed by atoms with Gasteiger partial charge in [0.15, 0.2) is 0 Å². The zero-order valence-corrected chi connectivity index (χ0v) is 14.2. The predicted molar refractivity (Wildman–Crippen MR) is 88.0 cm³/mol. The molecule has 7 heteroatoms. The van der Waals surface area contributed by atoms with Gasteiger partial charge in [-0.2, -0.15) is 5.10 Å². The van der Waals surface area contributed by atoms with Crippen LogP contribution in [0.5, 0.6) is 5.88 Å². The molecule has 2 aromatic rings. The fraction of sp³-hybridized carbons (Fsp3) is 0.471. The van der Waals surface area contributed by atoms with E-state index in [0.29, 0.717) is 31.2 Å². The second kappa shape index (κ2) is 7.00. The molecular weight excluding hydrogens is 308 g/mol. The Kier molecular flexibility index (Phi) is 4.80. The molecule has 3 heterocycles. The van der Waals surface area contributed by atoms with Gasteiger partial charge in [0.25, 0.3) is 5.91 Å². The first kappa shape index (κ1) is 16.4. The number of carbonyl (C=O) groups is 1. The van der Waals surface area contributed by atoms with Crippen molar-refractivity contribution < 1.29 is 14.3 Å². The minimum absolute atomic E-state index is 0.100. The predicted octanol–water partition coefficient (Wildman–Crippen LogP) is 1.60. The number of pyridine rings is 1. The first-order chi connectivity index (χ1) is 11.7. The third kappa shape index (κ3) is 2.87. The maximum atomic E-state index is 13.1. The fourth-order valence-corrected chi connectivity index (χ4v) is 3.17. The average Bonchev–Trinajstić information content (AvgIpc) is 3.00. The van der Waals surface area contributed by atoms with Gasteiger partial charge in [-0.3, -0.25) is 9.48 Å². The van der Waals surface area contributed by atoms with Crippen LogP contribution < -0.4 is 4.74 Å². The number of hydrogen-bond acceptors (Lipinski definition) is 5. The van der Waals surface area contributed by atoms with Crippen molar-refractivity contribution in [3.63, 3.8) is 0 Å². The molecule has 0 bridgehead atoms. The van der Waals surface area contributed by atoms with Gasteiger partial charge >= 0.3 is 0 Å². The van der Waals surface area contributed by atoms with Crippen molar-refractivity contribution in [2.45, 2.75) is 19.4 Å². The highest BCUT2D eigenvalue weighted by Gasteiger charge is 2.35. The van der Waals surface area contributed by atoms with Crippen LogP contribution in [-0.2, 0) is 18.2 Å². The molecule has 2 aromatic heterocycles. The molecule has 1 atom stereocenters. The van der Waals surface area contributed by atoms with Crippen LogP contribution in [0.15, 0.2) is 24.5 Å². The Morgan fingerprint density at radius 1 is 1.46 bits per heavy atom. The lowest BCUT2D eigenvalue weighted by atomic mass is 9.99. The molecule has 1 aliphatic rings. The van der Waals surface area contributed by atoms with E-state index in [4.69, 9.17) is 9.47 Å². The number of aryl methyl sites for hydroxylation is 1. The van der Waals surface area contributed by atoms with Gasteiger partial charge < -0.3 is 14.4 Å². The molecule has 0 N–H and O–H groups in total. The van der Waals surface area contributed by atoms with Gasteiger partial charge in [-0.15, -0.1) is 0 Å². The maximum Gasteiger partial charge on any atom is 0.260 e. The van der Waals surface area contributed by atoms with E-state index in [1.165, 1.54) is 12.7 Å². The first-order valence-corrected chi connectivity index (χ1v) is 8.05. The standard InChI is InChI=1S/C17H22N4O3/c1-4-24-11-14-15-12(10-19-20(15)2)7-9-21(14)17(22)13-6-5-8-18-16(13)23-3/h5-6,8,10,14H,4,7,9,11H2,1-3H3/t14-/m1/s1. The molecule has 0 saturated carbocycles. The summed E-state index contributed by atoms with van der Waals surface area (Å²) in [7, 11) is 3.42. The monoisotopic (exact) mass is 330 g/mol. The van der Waals surface area contributed by atoms with E-state index in [0.717, 1.165) is 12.1 Å². The summed E-state index contributed by atoms with van der Waals surface area (Å²) in [5.74, 6) is 0.241. The van der Waals surface area contributed by atoms with Gasteiger partial charge in [-0.1, -0.05) is 0 Å². The average molecular weight is 330 g/mol. The van der Waals surface area contributed by atoms with E-state index in [1.807, 2.05) is 29.7 Å². The molecule has 0 spiro atoms. The van der Waals surface area contributed by atoms with Crippen molar-refractivity contribution in [1.29, 1.82) is 0 Å². The third-order valence-electron chi connectivity index (χ3n) is 4.31. The number of hydrogen-bond donors (Lipinski definition) is 0. The van der Waals surface area contributed by atoms with Crippen molar-refractivity contribution in [3.05, 3.63) is 41.3 Å². The summed E-state index contributed by atoms with van der Waals surface area (Å²) in [5.41, 5.74) is 2.67. The van der Waals surface area contributed by atoms with Crippen LogP contribution in [0.4, 0.5) is 0 Å². The minimum Gasteiger partial charge on any atom is -0.480 e. The second-order valence-electron chi connectivity index (χ2n) is 5.66. The maximum absolute atomic E-state index is 13.1. The Balaban J connectivity index is 1.96. The summed E-state index contributed by atoms with van der Waals surface area (Å²) in [5, 5.41) is 4.34. The van der Waals surface area contributed by atoms with E-state index in [2.05, 4.69) is 10.1 Å². The fourth-order valence-electron chi connectivity index (χ4n) is 3.17. The molecule has 0 saturated heterocycles. The zero-order chi connectivity index (χ0) is 17.1. The van der Waals surface area contributed by atoms with Crippen molar-refractivity contribution in [1.82, 2.24) is 19.7 Å². The Bertz CT molecular complexity index is 728. The van der Waals surface area contributed by atoms with Gasteiger partial charge in [-0.05, 0) is 31.0 Å². The number of nitrogens with zero attached hydrogens (tertiary/aromatic N) is 4. The van der Waals surface area contributed by atoms with Crippen LogP contribution in [-0.4, -0.2) is 52.4 Å². The molecule has 24 heavy (non-hydrogen) atoms. The number of ether oxygens (including phenoxy) is 2. The van der Waals surface area contributed by atoms with Gasteiger partial charge in [0.05, 0.1) is 31.6 Å². The molecule has 0 unspecified atom stereocenters. The van der Waals surface area contributed by atoms with Crippen molar-refractivity contribution in [2.24, 2.45) is 7.05 Å². The molecule has 0 radical (unpaired) electrons. The molecule has 1 aliphatic heterocycles. The second-order valence-corrected chi connectivity index (χ2v) is 5.66. The summed E-state index contributed by atoms with van der Waals surface area (Å²) in [6, 6.07) is 3.32. The molecule has 0 aromatic carbocycles. The highest BCUT2D eigenvalue weighted by atomic mass is 16.5. The largest absolute Gasteiger partial charge is 0.480 e. The van der Waals surface area contributed by atoms with Crippen LogP contribution in [0.25, 0.3) is 0 Å². The first-order valence-electron chi connectivity index (χ1n) is 8.05. The van der Waals surface area contributed by atoms with E-state index in [-0.39, 0.29) is 11.9 Å². The molecule has 0 fully saturated rings. The smallest absolute Gasteiger partial charge is 0.260 e. The lowest BCUT2D eigenvalue weighted by Crippen LogP contribution is -2.43. The summed E-state index contributed by atoms with van der Waals surface area (Å²) in [4.78, 5) is 19.1. The van der Waals surface area contributed by atoms with Crippen molar-refractivity contribution in [2.75, 3.05) is 26.9 Å². The summed E-state index contributed by atoms with van der Waals surface area (Å²) in [6.07, 6.45) is 4.27. The Hall–Kier alpha value is -2.41. The normalized spacial score (nSPS) is 16.8. The number of methoxy groups -OCH3 is 1. The van der Waals surface area contributed by atoms with E-state index >= 15 is 0 Å². The Morgan fingerprint density at radius 2 is 2.29 bits per heavy atom. The van der Waals surface area contributed by atoms with Gasteiger partial charge in [-0.25, -0.2) is 4.98 Å². The summed E-state index contributed by atoms with van der Waals surface area (Å²) < 4.78 is 12.7. The van der Waals surface area contributed by atoms with Gasteiger partial charge in [0, 0.05) is 26.4 Å². The Labute approximate surface area is 141 Å². The third-order valence-corrected chi connectivity index (χ3v) is 4.31. The van der Waals surface area contributed by atoms with Crippen LogP contribution in [0.3, 0.4) is 0 Å². The molecule has 128 valence electrons. The Morgan fingerprint density at radius 3 is 3.04 bits per heavy atom. The van der Waals surface area contributed by atoms with Crippen LogP contribution in [0, 0.1) is 0 Å². The molecule has 1 amide bonds. The quantitative estimate of drug-likeness (QED) is 0.833. The molecule has 3 rings (SSSR count). The number of amides is 1.